The van der Waals surface area contributed by atoms with Crippen molar-refractivity contribution >= 4 is 15.7 Å². The number of sulfonamides is 1. The summed E-state index contributed by atoms with van der Waals surface area (Å²) in [6.45, 7) is 2.79. The van der Waals surface area contributed by atoms with E-state index >= 15 is 0 Å². The van der Waals surface area contributed by atoms with E-state index in [-0.39, 0.29) is 12.0 Å². The van der Waals surface area contributed by atoms with E-state index in [1.807, 2.05) is 60.7 Å². The molecule has 234 valence electrons. The number of hydrogen-bond donors (Lipinski definition) is 3. The summed E-state index contributed by atoms with van der Waals surface area (Å²) in [6.07, 6.45) is 1.57. The van der Waals surface area contributed by atoms with Gasteiger partial charge in [0.15, 0.2) is 0 Å². The van der Waals surface area contributed by atoms with Crippen molar-refractivity contribution in [1.29, 1.82) is 0 Å². The maximum atomic E-state index is 12.1. The first kappa shape index (κ1) is 32.9. The fourth-order valence-corrected chi connectivity index (χ4v) is 5.66. The second-order valence-electron chi connectivity index (χ2n) is 11.0. The van der Waals surface area contributed by atoms with Crippen LogP contribution in [0.25, 0.3) is 0 Å². The van der Waals surface area contributed by atoms with Gasteiger partial charge in [-0.25, -0.2) is 8.42 Å². The van der Waals surface area contributed by atoms with E-state index in [0.29, 0.717) is 31.0 Å². The number of benzene rings is 4. The monoisotopic (exact) mass is 618 g/mol. The van der Waals surface area contributed by atoms with Gasteiger partial charge in [0.25, 0.3) is 0 Å². The Labute approximate surface area is 261 Å². The van der Waals surface area contributed by atoms with Crippen LogP contribution in [0, 0.1) is 0 Å². The molecular weight excluding hydrogens is 576 g/mol. The lowest BCUT2D eigenvalue weighted by atomic mass is 9.86. The van der Waals surface area contributed by atoms with Crippen molar-refractivity contribution in [2.75, 3.05) is 31.7 Å². The van der Waals surface area contributed by atoms with Crippen LogP contribution in [0.15, 0.2) is 97.1 Å². The van der Waals surface area contributed by atoms with Crippen LogP contribution >= 0.6 is 0 Å². The minimum atomic E-state index is -3.53. The first-order valence-corrected chi connectivity index (χ1v) is 16.5. The van der Waals surface area contributed by atoms with Gasteiger partial charge in [-0.2, -0.15) is 0 Å². The molecular formula is C35H42N2O6S. The molecule has 8 nitrogen and oxygen atoms in total. The molecule has 0 aromatic heterocycles. The van der Waals surface area contributed by atoms with Crippen LogP contribution < -0.4 is 24.2 Å². The molecule has 9 heteroatoms. The van der Waals surface area contributed by atoms with Crippen molar-refractivity contribution in [3.8, 4) is 17.2 Å². The fraction of sp³-hybridized carbons (Fsp3) is 0.314. The molecule has 0 unspecified atom stereocenters. The normalized spacial score (nSPS) is 12.9. The fourth-order valence-electron chi connectivity index (χ4n) is 5.10. The second kappa shape index (κ2) is 15.6. The molecule has 0 aliphatic heterocycles. The predicted molar refractivity (Wildman–Crippen MR) is 175 cm³/mol. The number of aliphatic hydroxyl groups excluding tert-OH is 1. The zero-order valence-corrected chi connectivity index (χ0v) is 26.5. The van der Waals surface area contributed by atoms with Gasteiger partial charge in [0.2, 0.25) is 10.0 Å². The Hall–Kier alpha value is -4.05. The van der Waals surface area contributed by atoms with Gasteiger partial charge in [-0.1, -0.05) is 60.7 Å². The maximum absolute atomic E-state index is 12.1. The molecule has 44 heavy (non-hydrogen) atoms. The maximum Gasteiger partial charge on any atom is 0.229 e. The highest BCUT2D eigenvalue weighted by atomic mass is 32.2. The quantitative estimate of drug-likeness (QED) is 0.147. The molecule has 0 spiro atoms. The van der Waals surface area contributed by atoms with Crippen molar-refractivity contribution in [2.45, 2.75) is 44.4 Å². The Kier molecular flexibility index (Phi) is 11.7. The molecule has 4 rings (SSSR count). The number of nitrogens with one attached hydrogen (secondary N) is 2. The van der Waals surface area contributed by atoms with E-state index in [1.165, 1.54) is 11.1 Å². The molecule has 0 aliphatic rings. The summed E-state index contributed by atoms with van der Waals surface area (Å²) >= 11 is 0. The van der Waals surface area contributed by atoms with Gasteiger partial charge in [0.1, 0.15) is 23.9 Å². The highest BCUT2D eigenvalue weighted by molar-refractivity contribution is 7.92. The largest absolute Gasteiger partial charge is 0.497 e. The van der Waals surface area contributed by atoms with Crippen molar-refractivity contribution in [3.63, 3.8) is 0 Å². The number of anilines is 1. The summed E-state index contributed by atoms with van der Waals surface area (Å²) in [7, 11) is -0.219. The lowest BCUT2D eigenvalue weighted by Gasteiger charge is -2.24. The topological polar surface area (TPSA) is 106 Å². The molecule has 0 heterocycles. The van der Waals surface area contributed by atoms with E-state index in [0.717, 1.165) is 35.3 Å². The lowest BCUT2D eigenvalue weighted by Crippen LogP contribution is -2.35. The number of rotatable bonds is 16. The van der Waals surface area contributed by atoms with E-state index < -0.39 is 16.1 Å². The molecule has 2 atom stereocenters. The van der Waals surface area contributed by atoms with Crippen LogP contribution in [-0.4, -0.2) is 52.7 Å². The van der Waals surface area contributed by atoms with Gasteiger partial charge in [-0.3, -0.25) is 4.72 Å². The van der Waals surface area contributed by atoms with Crippen molar-refractivity contribution < 1.29 is 27.7 Å². The van der Waals surface area contributed by atoms with Gasteiger partial charge < -0.3 is 24.6 Å². The van der Waals surface area contributed by atoms with Gasteiger partial charge >= 0.3 is 0 Å². The van der Waals surface area contributed by atoms with E-state index in [1.54, 1.807) is 26.4 Å². The first-order valence-electron chi connectivity index (χ1n) is 14.6. The Morgan fingerprint density at radius 3 is 1.93 bits per heavy atom. The minimum absolute atomic E-state index is 0.0927. The molecule has 0 radical (unpaired) electrons. The molecule has 0 saturated carbocycles. The Bertz CT molecular complexity index is 1510. The third-order valence-corrected chi connectivity index (χ3v) is 7.97. The predicted octanol–water partition coefficient (Wildman–Crippen LogP) is 5.76. The zero-order valence-electron chi connectivity index (χ0n) is 25.7. The van der Waals surface area contributed by atoms with Crippen LogP contribution in [0.3, 0.4) is 0 Å². The molecule has 0 bridgehead atoms. The molecule has 0 aliphatic carbocycles. The third kappa shape index (κ3) is 10.0. The summed E-state index contributed by atoms with van der Waals surface area (Å²) in [5.41, 5.74) is 4.45. The molecule has 3 N–H and O–H groups in total. The van der Waals surface area contributed by atoms with Crippen LogP contribution in [0.2, 0.25) is 0 Å². The Morgan fingerprint density at radius 2 is 1.39 bits per heavy atom. The minimum Gasteiger partial charge on any atom is -0.497 e. The smallest absolute Gasteiger partial charge is 0.229 e. The summed E-state index contributed by atoms with van der Waals surface area (Å²) in [5.74, 6) is 2.16. The molecule has 4 aromatic carbocycles. The summed E-state index contributed by atoms with van der Waals surface area (Å²) in [6, 6.07) is 31.3. The lowest BCUT2D eigenvalue weighted by molar-refractivity contribution is 0.167. The third-order valence-electron chi connectivity index (χ3n) is 7.38. The first-order chi connectivity index (χ1) is 21.1. The number of aliphatic hydroxyl groups is 1. The van der Waals surface area contributed by atoms with Crippen LogP contribution in [0.1, 0.15) is 41.5 Å². The van der Waals surface area contributed by atoms with E-state index in [9.17, 15) is 13.5 Å². The van der Waals surface area contributed by atoms with Crippen LogP contribution in [0.4, 0.5) is 5.69 Å². The van der Waals surface area contributed by atoms with Crippen molar-refractivity contribution in [3.05, 3.63) is 119 Å². The Balaban J connectivity index is 1.39. The van der Waals surface area contributed by atoms with Crippen molar-refractivity contribution in [1.82, 2.24) is 5.32 Å². The number of ether oxygens (including phenoxy) is 3. The number of hydrogen-bond acceptors (Lipinski definition) is 7. The van der Waals surface area contributed by atoms with Gasteiger partial charge in [-0.05, 0) is 78.4 Å². The van der Waals surface area contributed by atoms with E-state index in [4.69, 9.17) is 14.2 Å². The van der Waals surface area contributed by atoms with Gasteiger partial charge in [-0.15, -0.1) is 0 Å². The summed E-state index contributed by atoms with van der Waals surface area (Å²) in [4.78, 5) is 0. The van der Waals surface area contributed by atoms with Crippen molar-refractivity contribution in [2.24, 2.45) is 0 Å². The van der Waals surface area contributed by atoms with Gasteiger partial charge in [0.05, 0.1) is 32.3 Å². The second-order valence-corrected chi connectivity index (χ2v) is 12.7. The molecule has 0 fully saturated rings. The molecule has 4 aromatic rings. The SMILES string of the molecule is COc1ccc(C(C[C@H](C)NC[C@H](O)Cc2ccc(OCc3ccccc3)c(NS(C)(=O)=O)c2)c2ccc(OC)cc2)cc1. The number of methoxy groups -OCH3 is 2. The standard InChI is InChI=1S/C35H42N2O6S/c1-25(20-33(28-11-15-31(41-2)16-12-28)29-13-17-32(42-3)18-14-29)36-23-30(38)21-27-10-19-35(34(22-27)37-44(4,39)40)43-24-26-8-6-5-7-9-26/h5-19,22,25,30,33,36-38H,20-21,23-24H2,1-4H3/t25-,30+/m0/s1. The average molecular weight is 619 g/mol. The summed E-state index contributed by atoms with van der Waals surface area (Å²) < 4.78 is 43.3. The zero-order chi connectivity index (χ0) is 31.5. The summed E-state index contributed by atoms with van der Waals surface area (Å²) in [5, 5.41) is 14.4. The van der Waals surface area contributed by atoms with Gasteiger partial charge in [0, 0.05) is 18.5 Å². The van der Waals surface area contributed by atoms with Crippen LogP contribution in [-0.2, 0) is 23.1 Å². The molecule has 0 saturated heterocycles. The highest BCUT2D eigenvalue weighted by Gasteiger charge is 2.19. The average Bonchev–Trinajstić information content (AvgIpc) is 3.02. The highest BCUT2D eigenvalue weighted by Crippen LogP contribution is 2.32. The Morgan fingerprint density at radius 1 is 0.795 bits per heavy atom. The molecule has 0 amide bonds. The van der Waals surface area contributed by atoms with E-state index in [2.05, 4.69) is 41.2 Å². The van der Waals surface area contributed by atoms with Crippen LogP contribution in [0.5, 0.6) is 17.2 Å².